The highest BCUT2D eigenvalue weighted by Gasteiger charge is 2.25. The summed E-state index contributed by atoms with van der Waals surface area (Å²) in [6.07, 6.45) is 2.71. The van der Waals surface area contributed by atoms with E-state index >= 15 is 0 Å². The minimum absolute atomic E-state index is 0.127. The molecule has 3 aromatic carbocycles. The number of benzene rings is 3. The molecule has 31 heavy (non-hydrogen) atoms. The predicted octanol–water partition coefficient (Wildman–Crippen LogP) is 3.70. The van der Waals surface area contributed by atoms with Crippen LogP contribution in [0.4, 0.5) is 11.4 Å². The first kappa shape index (κ1) is 21.5. The lowest BCUT2D eigenvalue weighted by Crippen LogP contribution is -2.14. The van der Waals surface area contributed by atoms with Crippen molar-refractivity contribution in [2.75, 3.05) is 4.72 Å². The number of phenolic OH excluding ortho intramolecular Hbond substituents is 2. The van der Waals surface area contributed by atoms with Gasteiger partial charge in [-0.05, 0) is 54.1 Å². The fourth-order valence-electron chi connectivity index (χ4n) is 2.66. The van der Waals surface area contributed by atoms with Gasteiger partial charge in [0.1, 0.15) is 0 Å². The Kier molecular flexibility index (Phi) is 6.02. The minimum atomic E-state index is -4.21. The number of anilines is 1. The number of rotatable bonds is 7. The van der Waals surface area contributed by atoms with E-state index in [0.717, 1.165) is 12.1 Å². The summed E-state index contributed by atoms with van der Waals surface area (Å²) in [6, 6.07) is 14.6. The molecule has 10 heteroatoms. The van der Waals surface area contributed by atoms with Crippen molar-refractivity contribution in [1.29, 1.82) is 0 Å². The number of hydrogen-bond donors (Lipinski definition) is 3. The predicted molar refractivity (Wildman–Crippen MR) is 113 cm³/mol. The summed E-state index contributed by atoms with van der Waals surface area (Å²) in [7, 11) is -4.21. The summed E-state index contributed by atoms with van der Waals surface area (Å²) in [5.41, 5.74) is 0.347. The van der Waals surface area contributed by atoms with Gasteiger partial charge in [0.25, 0.3) is 15.7 Å². The van der Waals surface area contributed by atoms with E-state index in [1.165, 1.54) is 66.7 Å². The van der Waals surface area contributed by atoms with E-state index in [9.17, 15) is 33.5 Å². The number of carbonyl (C=O) groups excluding carboxylic acids is 1. The first-order chi connectivity index (χ1) is 14.7. The molecule has 0 saturated carbocycles. The molecule has 0 atom stereocenters. The Balaban J connectivity index is 1.75. The number of sulfonamides is 1. The largest absolute Gasteiger partial charge is 0.504 e. The highest BCUT2D eigenvalue weighted by molar-refractivity contribution is 7.92. The fraction of sp³-hybridized carbons (Fsp3) is 0. The number of ketones is 1. The van der Waals surface area contributed by atoms with Gasteiger partial charge in [0.2, 0.25) is 0 Å². The second-order valence-corrected chi connectivity index (χ2v) is 8.00. The van der Waals surface area contributed by atoms with Gasteiger partial charge in [-0.25, -0.2) is 8.42 Å². The quantitative estimate of drug-likeness (QED) is 0.167. The highest BCUT2D eigenvalue weighted by atomic mass is 32.2. The van der Waals surface area contributed by atoms with Crippen molar-refractivity contribution in [3.05, 3.63) is 94.0 Å². The fourth-order valence-corrected chi connectivity index (χ4v) is 3.89. The molecular formula is C21H16N2O7S. The third kappa shape index (κ3) is 5.06. The molecule has 0 heterocycles. The minimum Gasteiger partial charge on any atom is -0.504 e. The lowest BCUT2D eigenvalue weighted by Gasteiger charge is -2.08. The van der Waals surface area contributed by atoms with E-state index < -0.39 is 25.5 Å². The van der Waals surface area contributed by atoms with Gasteiger partial charge in [-0.3, -0.25) is 19.6 Å². The molecule has 0 aliphatic heterocycles. The van der Waals surface area contributed by atoms with Crippen LogP contribution >= 0.6 is 0 Å². The molecule has 0 aromatic heterocycles. The lowest BCUT2D eigenvalue weighted by atomic mass is 10.1. The number of hydrogen-bond acceptors (Lipinski definition) is 7. The first-order valence-electron chi connectivity index (χ1n) is 8.78. The summed E-state index contributed by atoms with van der Waals surface area (Å²) in [5, 5.41) is 29.9. The summed E-state index contributed by atoms with van der Waals surface area (Å²) >= 11 is 0. The normalized spacial score (nSPS) is 11.4. The third-order valence-electron chi connectivity index (χ3n) is 4.20. The SMILES string of the molecule is O=C(/C=C/c1ccc(O)c(O)c1)c1ccc(NS(=O)(=O)c2ccccc2[N+](=O)[O-])cc1. The van der Waals surface area contributed by atoms with Crippen LogP contribution in [0.25, 0.3) is 6.08 Å². The zero-order valence-corrected chi connectivity index (χ0v) is 16.6. The van der Waals surface area contributed by atoms with Crippen molar-refractivity contribution in [3.63, 3.8) is 0 Å². The van der Waals surface area contributed by atoms with Crippen LogP contribution in [-0.2, 0) is 10.0 Å². The molecule has 3 aromatic rings. The second kappa shape index (κ2) is 8.67. The Morgan fingerprint density at radius 3 is 2.29 bits per heavy atom. The van der Waals surface area contributed by atoms with E-state index in [0.29, 0.717) is 5.56 Å². The van der Waals surface area contributed by atoms with Crippen molar-refractivity contribution < 1.29 is 28.3 Å². The third-order valence-corrected chi connectivity index (χ3v) is 5.63. The molecule has 0 unspecified atom stereocenters. The van der Waals surface area contributed by atoms with Crippen LogP contribution in [-0.4, -0.2) is 29.3 Å². The standard InChI is InChI=1S/C21H16N2O7S/c24-18(11-5-14-6-12-19(25)20(26)13-14)15-7-9-16(10-8-15)22-31(29,30)21-4-2-1-3-17(21)23(27)28/h1-13,22,25-26H/b11-5+. The first-order valence-corrected chi connectivity index (χ1v) is 10.3. The van der Waals surface area contributed by atoms with Gasteiger partial charge < -0.3 is 10.2 Å². The van der Waals surface area contributed by atoms with Gasteiger partial charge in [0.05, 0.1) is 4.92 Å². The van der Waals surface area contributed by atoms with Crippen LogP contribution in [0.2, 0.25) is 0 Å². The lowest BCUT2D eigenvalue weighted by molar-refractivity contribution is -0.387. The van der Waals surface area contributed by atoms with E-state index in [1.807, 2.05) is 0 Å². The van der Waals surface area contributed by atoms with Crippen LogP contribution in [0.1, 0.15) is 15.9 Å². The molecule has 0 amide bonds. The van der Waals surface area contributed by atoms with E-state index in [4.69, 9.17) is 0 Å². The molecular weight excluding hydrogens is 424 g/mol. The Morgan fingerprint density at radius 1 is 0.968 bits per heavy atom. The van der Waals surface area contributed by atoms with Gasteiger partial charge in [0, 0.05) is 17.3 Å². The molecule has 0 fully saturated rings. The van der Waals surface area contributed by atoms with Gasteiger partial charge in [0.15, 0.2) is 22.2 Å². The molecule has 0 saturated heterocycles. The molecule has 9 nitrogen and oxygen atoms in total. The van der Waals surface area contributed by atoms with Crippen LogP contribution in [0.5, 0.6) is 11.5 Å². The maximum atomic E-state index is 12.5. The van der Waals surface area contributed by atoms with Gasteiger partial charge in [-0.15, -0.1) is 0 Å². The van der Waals surface area contributed by atoms with E-state index in [2.05, 4.69) is 4.72 Å². The number of allylic oxidation sites excluding steroid dienone is 1. The van der Waals surface area contributed by atoms with Crippen LogP contribution in [0.3, 0.4) is 0 Å². The molecule has 0 aliphatic carbocycles. The maximum absolute atomic E-state index is 12.5. The molecule has 0 spiro atoms. The Bertz CT molecular complexity index is 1280. The van der Waals surface area contributed by atoms with Crippen molar-refractivity contribution in [3.8, 4) is 11.5 Å². The van der Waals surface area contributed by atoms with Crippen molar-refractivity contribution in [1.82, 2.24) is 0 Å². The molecule has 0 aliphatic rings. The zero-order valence-electron chi connectivity index (χ0n) is 15.8. The van der Waals surface area contributed by atoms with Crippen LogP contribution in [0.15, 0.2) is 77.7 Å². The molecule has 0 bridgehead atoms. The molecule has 158 valence electrons. The number of aromatic hydroxyl groups is 2. The number of nitro groups is 1. The van der Waals surface area contributed by atoms with Crippen molar-refractivity contribution in [2.24, 2.45) is 0 Å². The Morgan fingerprint density at radius 2 is 1.65 bits per heavy atom. The summed E-state index contributed by atoms with van der Waals surface area (Å²) in [5.74, 6) is -0.965. The number of nitro benzene ring substituents is 1. The average Bonchev–Trinajstić information content (AvgIpc) is 2.74. The molecule has 0 radical (unpaired) electrons. The summed E-state index contributed by atoms with van der Waals surface area (Å²) < 4.78 is 27.3. The number of nitrogens with one attached hydrogen (secondary N) is 1. The van der Waals surface area contributed by atoms with E-state index in [-0.39, 0.29) is 28.5 Å². The van der Waals surface area contributed by atoms with Gasteiger partial charge >= 0.3 is 0 Å². The van der Waals surface area contributed by atoms with Crippen LogP contribution in [0, 0.1) is 10.1 Å². The van der Waals surface area contributed by atoms with Crippen molar-refractivity contribution in [2.45, 2.75) is 4.90 Å². The Hall–Kier alpha value is -4.18. The highest BCUT2D eigenvalue weighted by Crippen LogP contribution is 2.26. The number of phenols is 2. The summed E-state index contributed by atoms with van der Waals surface area (Å²) in [6.45, 7) is 0. The van der Waals surface area contributed by atoms with Crippen molar-refractivity contribution >= 4 is 33.3 Å². The summed E-state index contributed by atoms with van der Waals surface area (Å²) in [4.78, 5) is 22.1. The molecule has 3 rings (SSSR count). The van der Waals surface area contributed by atoms with E-state index in [1.54, 1.807) is 0 Å². The monoisotopic (exact) mass is 440 g/mol. The average molecular weight is 440 g/mol. The van der Waals surface area contributed by atoms with Gasteiger partial charge in [-0.1, -0.05) is 24.3 Å². The number of nitrogens with zero attached hydrogens (tertiary/aromatic N) is 1. The second-order valence-electron chi connectivity index (χ2n) is 6.35. The van der Waals surface area contributed by atoms with Crippen LogP contribution < -0.4 is 4.72 Å². The molecule has 3 N–H and O–H groups in total. The van der Waals surface area contributed by atoms with Gasteiger partial charge in [-0.2, -0.15) is 0 Å². The smallest absolute Gasteiger partial charge is 0.289 e. The maximum Gasteiger partial charge on any atom is 0.289 e. The number of carbonyl (C=O) groups is 1. The Labute approximate surface area is 177 Å². The number of para-hydroxylation sites is 1. The topological polar surface area (TPSA) is 147 Å². The zero-order chi connectivity index (χ0) is 22.6.